The van der Waals surface area contributed by atoms with Gasteiger partial charge in [0.1, 0.15) is 0 Å². The molecule has 1 unspecified atom stereocenters. The third-order valence-corrected chi connectivity index (χ3v) is 2.74. The van der Waals surface area contributed by atoms with Crippen molar-refractivity contribution < 1.29 is 9.90 Å². The molecule has 0 bridgehead atoms. The molecule has 2 N–H and O–H groups in total. The number of aromatic nitrogens is 3. The van der Waals surface area contributed by atoms with E-state index in [9.17, 15) is 4.79 Å². The van der Waals surface area contributed by atoms with Crippen LogP contribution in [0.2, 0.25) is 0 Å². The van der Waals surface area contributed by atoms with Crippen molar-refractivity contribution in [3.8, 4) is 0 Å². The number of amides is 1. The summed E-state index contributed by atoms with van der Waals surface area (Å²) >= 11 is 0. The van der Waals surface area contributed by atoms with Gasteiger partial charge in [-0.05, 0) is 19.8 Å². The predicted molar refractivity (Wildman–Crippen MR) is 66.2 cm³/mol. The average Bonchev–Trinajstić information content (AvgIpc) is 2.80. The lowest BCUT2D eigenvalue weighted by molar-refractivity contribution is 0.0938. The van der Waals surface area contributed by atoms with E-state index in [0.717, 1.165) is 6.42 Å². The van der Waals surface area contributed by atoms with Crippen LogP contribution in [0.15, 0.2) is 24.8 Å². The Morgan fingerprint density at radius 1 is 1.56 bits per heavy atom. The number of aliphatic hydroxyl groups excluding tert-OH is 1. The molecule has 0 aliphatic heterocycles. The number of carbonyl (C=O) groups is 1. The Kier molecular flexibility index (Phi) is 3.88. The van der Waals surface area contributed by atoms with Crippen molar-refractivity contribution in [1.82, 2.24) is 19.9 Å². The molecule has 2 aromatic heterocycles. The van der Waals surface area contributed by atoms with E-state index in [0.29, 0.717) is 17.5 Å². The molecule has 0 aliphatic rings. The van der Waals surface area contributed by atoms with Gasteiger partial charge in [0.2, 0.25) is 0 Å². The lowest BCUT2D eigenvalue weighted by Crippen LogP contribution is -2.32. The molecule has 0 saturated heterocycles. The van der Waals surface area contributed by atoms with Crippen molar-refractivity contribution in [2.24, 2.45) is 0 Å². The van der Waals surface area contributed by atoms with Crippen molar-refractivity contribution in [2.45, 2.75) is 25.8 Å². The zero-order chi connectivity index (χ0) is 13.0. The van der Waals surface area contributed by atoms with E-state index in [4.69, 9.17) is 5.11 Å². The van der Waals surface area contributed by atoms with Crippen LogP contribution in [0.3, 0.4) is 0 Å². The van der Waals surface area contributed by atoms with Gasteiger partial charge in [0, 0.05) is 25.0 Å². The number of hydrogen-bond acceptors (Lipinski definition) is 4. The number of fused-ring (bicyclic) bond motifs is 1. The van der Waals surface area contributed by atoms with Crippen molar-refractivity contribution in [1.29, 1.82) is 0 Å². The number of nitrogens with zero attached hydrogens (tertiary/aromatic N) is 3. The van der Waals surface area contributed by atoms with Gasteiger partial charge >= 0.3 is 0 Å². The largest absolute Gasteiger partial charge is 0.396 e. The molecule has 0 fully saturated rings. The minimum atomic E-state index is -0.163. The van der Waals surface area contributed by atoms with Gasteiger partial charge in [-0.1, -0.05) is 0 Å². The van der Waals surface area contributed by atoms with E-state index < -0.39 is 0 Å². The molecule has 96 valence electrons. The van der Waals surface area contributed by atoms with E-state index in [1.807, 2.05) is 6.92 Å². The molecular formula is C12H16N4O2. The summed E-state index contributed by atoms with van der Waals surface area (Å²) < 4.78 is 1.61. The summed E-state index contributed by atoms with van der Waals surface area (Å²) in [4.78, 5) is 16.0. The Morgan fingerprint density at radius 3 is 3.17 bits per heavy atom. The van der Waals surface area contributed by atoms with Gasteiger partial charge < -0.3 is 10.4 Å². The normalized spacial score (nSPS) is 12.6. The first-order valence-corrected chi connectivity index (χ1v) is 5.91. The minimum absolute atomic E-state index is 0.0243. The Balaban J connectivity index is 2.09. The fraction of sp³-hybridized carbons (Fsp3) is 0.417. The lowest BCUT2D eigenvalue weighted by atomic mass is 10.1. The molecule has 2 aromatic rings. The van der Waals surface area contributed by atoms with Gasteiger partial charge in [0.15, 0.2) is 0 Å². The van der Waals surface area contributed by atoms with Gasteiger partial charge in [-0.2, -0.15) is 5.10 Å². The van der Waals surface area contributed by atoms with Crippen LogP contribution in [0, 0.1) is 0 Å². The Morgan fingerprint density at radius 2 is 2.39 bits per heavy atom. The molecule has 0 spiro atoms. The van der Waals surface area contributed by atoms with Crippen LogP contribution >= 0.6 is 0 Å². The summed E-state index contributed by atoms with van der Waals surface area (Å²) in [5.74, 6) is -0.163. The molecule has 18 heavy (non-hydrogen) atoms. The standard InChI is InChI=1S/C12H16N4O2/c1-9(3-2-6-17)15-12(18)10-7-14-16-5-4-13-8-11(10)16/h4-5,7-9,17H,2-3,6H2,1H3,(H,15,18). The monoisotopic (exact) mass is 248 g/mol. The number of nitrogens with one attached hydrogen (secondary N) is 1. The fourth-order valence-electron chi connectivity index (χ4n) is 1.78. The molecule has 0 aromatic carbocycles. The molecule has 2 rings (SSSR count). The Labute approximate surface area is 105 Å². The maximum Gasteiger partial charge on any atom is 0.255 e. The highest BCUT2D eigenvalue weighted by Gasteiger charge is 2.14. The summed E-state index contributed by atoms with van der Waals surface area (Å²) in [5.41, 5.74) is 1.20. The second kappa shape index (κ2) is 5.59. The van der Waals surface area contributed by atoms with Crippen LogP contribution in [-0.2, 0) is 0 Å². The van der Waals surface area contributed by atoms with E-state index in [-0.39, 0.29) is 18.6 Å². The quantitative estimate of drug-likeness (QED) is 0.813. The first kappa shape index (κ1) is 12.5. The molecular weight excluding hydrogens is 232 g/mol. The maximum absolute atomic E-state index is 12.0. The van der Waals surface area contributed by atoms with E-state index in [2.05, 4.69) is 15.4 Å². The zero-order valence-corrected chi connectivity index (χ0v) is 10.2. The summed E-state index contributed by atoms with van der Waals surface area (Å²) in [6.45, 7) is 2.05. The molecule has 0 saturated carbocycles. The minimum Gasteiger partial charge on any atom is -0.396 e. The highest BCUT2D eigenvalue weighted by molar-refractivity contribution is 6.00. The van der Waals surface area contributed by atoms with Gasteiger partial charge in [0.05, 0.1) is 23.5 Å². The van der Waals surface area contributed by atoms with Gasteiger partial charge in [0.25, 0.3) is 5.91 Å². The second-order valence-corrected chi connectivity index (χ2v) is 4.20. The molecule has 0 radical (unpaired) electrons. The third kappa shape index (κ3) is 2.65. The predicted octanol–water partition coefficient (Wildman–Crippen LogP) is 0.620. The fourth-order valence-corrected chi connectivity index (χ4v) is 1.78. The van der Waals surface area contributed by atoms with Gasteiger partial charge in [-0.15, -0.1) is 0 Å². The highest BCUT2D eigenvalue weighted by atomic mass is 16.3. The molecule has 2 heterocycles. The maximum atomic E-state index is 12.0. The molecule has 1 atom stereocenters. The third-order valence-electron chi connectivity index (χ3n) is 2.74. The van der Waals surface area contributed by atoms with Crippen molar-refractivity contribution in [2.75, 3.05) is 6.61 Å². The first-order valence-electron chi connectivity index (χ1n) is 5.91. The number of hydrogen-bond donors (Lipinski definition) is 2. The van der Waals surface area contributed by atoms with Crippen molar-refractivity contribution in [3.63, 3.8) is 0 Å². The molecule has 6 heteroatoms. The van der Waals surface area contributed by atoms with Crippen LogP contribution < -0.4 is 5.32 Å². The van der Waals surface area contributed by atoms with E-state index >= 15 is 0 Å². The summed E-state index contributed by atoms with van der Waals surface area (Å²) in [6.07, 6.45) is 7.88. The number of rotatable bonds is 5. The molecule has 0 aliphatic carbocycles. The summed E-state index contributed by atoms with van der Waals surface area (Å²) in [6, 6.07) is 0.0243. The lowest BCUT2D eigenvalue weighted by Gasteiger charge is -2.12. The second-order valence-electron chi connectivity index (χ2n) is 4.20. The summed E-state index contributed by atoms with van der Waals surface area (Å²) in [5, 5.41) is 15.7. The Hall–Kier alpha value is -1.95. The summed E-state index contributed by atoms with van der Waals surface area (Å²) in [7, 11) is 0. The van der Waals surface area contributed by atoms with Crippen LogP contribution in [0.25, 0.3) is 5.52 Å². The van der Waals surface area contributed by atoms with Crippen molar-refractivity contribution >= 4 is 11.4 Å². The van der Waals surface area contributed by atoms with Crippen LogP contribution in [-0.4, -0.2) is 38.3 Å². The van der Waals surface area contributed by atoms with E-state index in [1.54, 1.807) is 23.1 Å². The van der Waals surface area contributed by atoms with Crippen LogP contribution in [0.4, 0.5) is 0 Å². The highest BCUT2D eigenvalue weighted by Crippen LogP contribution is 2.09. The molecule has 1 amide bonds. The van der Waals surface area contributed by atoms with E-state index in [1.165, 1.54) is 6.20 Å². The number of aliphatic hydroxyl groups is 1. The average molecular weight is 248 g/mol. The van der Waals surface area contributed by atoms with Crippen molar-refractivity contribution in [3.05, 3.63) is 30.4 Å². The zero-order valence-electron chi connectivity index (χ0n) is 10.2. The van der Waals surface area contributed by atoms with Gasteiger partial charge in [-0.25, -0.2) is 4.52 Å². The van der Waals surface area contributed by atoms with Crippen LogP contribution in [0.5, 0.6) is 0 Å². The Bertz CT molecular complexity index is 538. The van der Waals surface area contributed by atoms with Gasteiger partial charge in [-0.3, -0.25) is 9.78 Å². The van der Waals surface area contributed by atoms with Crippen LogP contribution in [0.1, 0.15) is 30.1 Å². The number of carbonyl (C=O) groups excluding carboxylic acids is 1. The smallest absolute Gasteiger partial charge is 0.255 e. The topological polar surface area (TPSA) is 79.5 Å². The SMILES string of the molecule is CC(CCCO)NC(=O)c1cnn2ccncc12. The molecule has 6 nitrogen and oxygen atoms in total. The first-order chi connectivity index (χ1) is 8.72.